The molecule has 1 unspecified atom stereocenters. The molecule has 0 N–H and O–H groups in total. The standard InChI is InChI=1S/C16H11Cl2F3O/c1-10(11-5-3-2-4-6-11)15(16(19,20)21)22-14-8-7-12(17)9-13(14)18/h2-9,15H,1H2. The highest BCUT2D eigenvalue weighted by molar-refractivity contribution is 6.35. The van der Waals surface area contributed by atoms with Crippen LogP contribution in [0.5, 0.6) is 5.75 Å². The molecule has 2 rings (SSSR count). The maximum Gasteiger partial charge on any atom is 0.429 e. The van der Waals surface area contributed by atoms with E-state index < -0.39 is 12.3 Å². The maximum absolute atomic E-state index is 13.3. The first-order valence-electron chi connectivity index (χ1n) is 6.21. The molecular weight excluding hydrogens is 336 g/mol. The van der Waals surface area contributed by atoms with Crippen molar-refractivity contribution in [2.45, 2.75) is 12.3 Å². The lowest BCUT2D eigenvalue weighted by atomic mass is 10.0. The molecule has 22 heavy (non-hydrogen) atoms. The molecule has 1 nitrogen and oxygen atoms in total. The van der Waals surface area contributed by atoms with Gasteiger partial charge in [-0.05, 0) is 23.8 Å². The summed E-state index contributed by atoms with van der Waals surface area (Å²) < 4.78 is 45.0. The summed E-state index contributed by atoms with van der Waals surface area (Å²) in [6.45, 7) is 3.52. The summed E-state index contributed by atoms with van der Waals surface area (Å²) >= 11 is 11.6. The van der Waals surface area contributed by atoms with Crippen molar-refractivity contribution in [3.05, 3.63) is 70.7 Å². The Kier molecular flexibility index (Phi) is 5.04. The minimum atomic E-state index is -4.63. The Labute approximate surface area is 135 Å². The molecule has 0 aliphatic heterocycles. The largest absolute Gasteiger partial charge is 0.475 e. The van der Waals surface area contributed by atoms with Crippen molar-refractivity contribution >= 4 is 28.8 Å². The van der Waals surface area contributed by atoms with Gasteiger partial charge in [-0.2, -0.15) is 13.2 Å². The van der Waals surface area contributed by atoms with Gasteiger partial charge in [0.25, 0.3) is 0 Å². The van der Waals surface area contributed by atoms with E-state index in [1.807, 2.05) is 0 Å². The van der Waals surface area contributed by atoms with E-state index in [0.717, 1.165) is 0 Å². The molecule has 2 aromatic carbocycles. The molecule has 0 amide bonds. The number of rotatable bonds is 4. The van der Waals surface area contributed by atoms with Crippen LogP contribution in [0.3, 0.4) is 0 Å². The third-order valence-corrected chi connectivity index (χ3v) is 3.43. The molecule has 1 atom stereocenters. The molecule has 116 valence electrons. The Balaban J connectivity index is 2.33. The molecule has 0 saturated carbocycles. The van der Waals surface area contributed by atoms with Gasteiger partial charge in [0.05, 0.1) is 5.02 Å². The zero-order valence-electron chi connectivity index (χ0n) is 11.2. The SMILES string of the molecule is C=C(c1ccccc1)C(Oc1ccc(Cl)cc1Cl)C(F)(F)F. The number of halogens is 5. The van der Waals surface area contributed by atoms with Crippen molar-refractivity contribution < 1.29 is 17.9 Å². The lowest BCUT2D eigenvalue weighted by Crippen LogP contribution is -2.35. The van der Waals surface area contributed by atoms with Crippen molar-refractivity contribution in [2.24, 2.45) is 0 Å². The van der Waals surface area contributed by atoms with Gasteiger partial charge in [0.2, 0.25) is 6.10 Å². The molecule has 0 aromatic heterocycles. The fourth-order valence-electron chi connectivity index (χ4n) is 1.84. The predicted molar refractivity (Wildman–Crippen MR) is 82.4 cm³/mol. The van der Waals surface area contributed by atoms with Crippen LogP contribution in [0.2, 0.25) is 10.0 Å². The molecule has 6 heteroatoms. The molecule has 0 bridgehead atoms. The van der Waals surface area contributed by atoms with Gasteiger partial charge in [-0.25, -0.2) is 0 Å². The van der Waals surface area contributed by atoms with Gasteiger partial charge < -0.3 is 4.74 Å². The van der Waals surface area contributed by atoms with Crippen LogP contribution in [0, 0.1) is 0 Å². The summed E-state index contributed by atoms with van der Waals surface area (Å²) in [5.74, 6) is -0.106. The highest BCUT2D eigenvalue weighted by Gasteiger charge is 2.44. The van der Waals surface area contributed by atoms with Gasteiger partial charge >= 0.3 is 6.18 Å². The zero-order valence-corrected chi connectivity index (χ0v) is 12.7. The van der Waals surface area contributed by atoms with E-state index in [1.54, 1.807) is 18.2 Å². The number of alkyl halides is 3. The van der Waals surface area contributed by atoms with Crippen molar-refractivity contribution in [3.63, 3.8) is 0 Å². The molecule has 0 radical (unpaired) electrons. The molecule has 0 spiro atoms. The minimum Gasteiger partial charge on any atom is -0.475 e. The van der Waals surface area contributed by atoms with E-state index in [0.29, 0.717) is 10.6 Å². The summed E-state index contributed by atoms with van der Waals surface area (Å²) in [6.07, 6.45) is -6.83. The topological polar surface area (TPSA) is 9.23 Å². The molecule has 2 aromatic rings. The summed E-state index contributed by atoms with van der Waals surface area (Å²) in [7, 11) is 0. The van der Waals surface area contributed by atoms with Gasteiger partial charge in [0.15, 0.2) is 0 Å². The van der Waals surface area contributed by atoms with Crippen LogP contribution in [-0.4, -0.2) is 12.3 Å². The fraction of sp³-hybridized carbons (Fsp3) is 0.125. The summed E-state index contributed by atoms with van der Waals surface area (Å²) in [5, 5.41) is 0.311. The van der Waals surface area contributed by atoms with Crippen molar-refractivity contribution in [1.82, 2.24) is 0 Å². The summed E-state index contributed by atoms with van der Waals surface area (Å²) in [5.41, 5.74) is 0.147. The monoisotopic (exact) mass is 346 g/mol. The second kappa shape index (κ2) is 6.63. The molecular formula is C16H11Cl2F3O. The Morgan fingerprint density at radius 1 is 1.05 bits per heavy atom. The van der Waals surface area contributed by atoms with Gasteiger partial charge in [-0.3, -0.25) is 0 Å². The van der Waals surface area contributed by atoms with Crippen LogP contribution in [0.4, 0.5) is 13.2 Å². The van der Waals surface area contributed by atoms with Gasteiger partial charge in [0.1, 0.15) is 5.75 Å². The zero-order chi connectivity index (χ0) is 16.3. The minimum absolute atomic E-state index is 0.00242. The van der Waals surface area contributed by atoms with Crippen molar-refractivity contribution in [1.29, 1.82) is 0 Å². The lowest BCUT2D eigenvalue weighted by molar-refractivity contribution is -0.176. The Bertz CT molecular complexity index is 669. The third kappa shape index (κ3) is 3.96. The smallest absolute Gasteiger partial charge is 0.429 e. The highest BCUT2D eigenvalue weighted by Crippen LogP contribution is 2.36. The van der Waals surface area contributed by atoms with E-state index in [2.05, 4.69) is 6.58 Å². The van der Waals surface area contributed by atoms with Crippen molar-refractivity contribution in [2.75, 3.05) is 0 Å². The van der Waals surface area contributed by atoms with E-state index in [4.69, 9.17) is 27.9 Å². The molecule has 0 aliphatic carbocycles. The number of ether oxygens (including phenoxy) is 1. The average molecular weight is 347 g/mol. The highest BCUT2D eigenvalue weighted by atomic mass is 35.5. The van der Waals surface area contributed by atoms with Crippen molar-refractivity contribution in [3.8, 4) is 5.75 Å². The maximum atomic E-state index is 13.3. The molecule has 0 saturated heterocycles. The number of hydrogen-bond donors (Lipinski definition) is 0. The number of benzene rings is 2. The Morgan fingerprint density at radius 3 is 2.23 bits per heavy atom. The van der Waals surface area contributed by atoms with E-state index in [9.17, 15) is 13.2 Å². The third-order valence-electron chi connectivity index (χ3n) is 2.90. The van der Waals surface area contributed by atoms with Gasteiger partial charge in [0, 0.05) is 10.6 Å². The first-order chi connectivity index (χ1) is 10.3. The van der Waals surface area contributed by atoms with E-state index >= 15 is 0 Å². The molecule has 0 heterocycles. The van der Waals surface area contributed by atoms with E-state index in [-0.39, 0.29) is 16.3 Å². The summed E-state index contributed by atoms with van der Waals surface area (Å²) in [4.78, 5) is 0. The molecule has 0 fully saturated rings. The number of hydrogen-bond acceptors (Lipinski definition) is 1. The average Bonchev–Trinajstić information content (AvgIpc) is 2.45. The second-order valence-electron chi connectivity index (χ2n) is 4.51. The summed E-state index contributed by atoms with van der Waals surface area (Å²) in [6, 6.07) is 12.0. The van der Waals surface area contributed by atoms with Crippen LogP contribution in [0.25, 0.3) is 5.57 Å². The normalized spacial score (nSPS) is 12.8. The van der Waals surface area contributed by atoms with Crippen LogP contribution >= 0.6 is 23.2 Å². The molecule has 0 aliphatic rings. The first kappa shape index (κ1) is 16.7. The first-order valence-corrected chi connectivity index (χ1v) is 6.97. The lowest BCUT2D eigenvalue weighted by Gasteiger charge is -2.24. The van der Waals surface area contributed by atoms with Crippen LogP contribution in [0.1, 0.15) is 5.56 Å². The second-order valence-corrected chi connectivity index (χ2v) is 5.35. The Morgan fingerprint density at radius 2 is 1.68 bits per heavy atom. The predicted octanol–water partition coefficient (Wildman–Crippen LogP) is 6.02. The van der Waals surface area contributed by atoms with Crippen LogP contribution < -0.4 is 4.74 Å². The Hall–Kier alpha value is -1.65. The quantitative estimate of drug-likeness (QED) is 0.657. The van der Waals surface area contributed by atoms with Gasteiger partial charge in [-0.1, -0.05) is 60.1 Å². The van der Waals surface area contributed by atoms with Crippen LogP contribution in [0.15, 0.2) is 55.1 Å². The van der Waals surface area contributed by atoms with Crippen LogP contribution in [-0.2, 0) is 0 Å². The van der Waals surface area contributed by atoms with E-state index in [1.165, 1.54) is 30.3 Å². The fourth-order valence-corrected chi connectivity index (χ4v) is 2.29. The van der Waals surface area contributed by atoms with Gasteiger partial charge in [-0.15, -0.1) is 0 Å².